The highest BCUT2D eigenvalue weighted by Gasteiger charge is 2.26. The topological polar surface area (TPSA) is 50.9 Å². The Labute approximate surface area is 99.9 Å². The lowest BCUT2D eigenvalue weighted by Gasteiger charge is -2.04. The van der Waals surface area contributed by atoms with Gasteiger partial charge in [0.15, 0.2) is 0 Å². The van der Waals surface area contributed by atoms with Gasteiger partial charge in [0.05, 0.1) is 18.0 Å². The van der Waals surface area contributed by atoms with E-state index in [4.69, 9.17) is 0 Å². The van der Waals surface area contributed by atoms with Gasteiger partial charge in [-0.15, -0.1) is 0 Å². The van der Waals surface area contributed by atoms with Crippen molar-refractivity contribution in [3.63, 3.8) is 0 Å². The molecule has 0 bridgehead atoms. The van der Waals surface area contributed by atoms with Gasteiger partial charge in [0.25, 0.3) is 0 Å². The van der Waals surface area contributed by atoms with Crippen molar-refractivity contribution in [2.24, 2.45) is 5.92 Å². The second-order valence-corrected chi connectivity index (χ2v) is 4.59. The van der Waals surface area contributed by atoms with Gasteiger partial charge in [0, 0.05) is 0 Å². The molecule has 0 saturated heterocycles. The van der Waals surface area contributed by atoms with E-state index in [-0.39, 0.29) is 0 Å². The number of aliphatic hydroxyl groups excluding tert-OH is 1. The van der Waals surface area contributed by atoms with Crippen LogP contribution in [0.15, 0.2) is 36.5 Å². The van der Waals surface area contributed by atoms with Gasteiger partial charge in [0.1, 0.15) is 5.69 Å². The molecule has 17 heavy (non-hydrogen) atoms. The molecule has 3 rings (SSSR count). The SMILES string of the molecule is OC(CC1CC1)c1cnn(-c2ccccc2)n1. The number of benzene rings is 1. The van der Waals surface area contributed by atoms with Crippen LogP contribution >= 0.6 is 0 Å². The van der Waals surface area contributed by atoms with Crippen molar-refractivity contribution in [2.45, 2.75) is 25.4 Å². The van der Waals surface area contributed by atoms with Crippen LogP contribution in [0.1, 0.15) is 31.1 Å². The Balaban J connectivity index is 1.77. The molecular formula is C13H15N3O. The standard InChI is InChI=1S/C13H15N3O/c17-13(8-10-6-7-10)12-9-14-16(15-12)11-4-2-1-3-5-11/h1-5,9-10,13,17H,6-8H2. The quantitative estimate of drug-likeness (QED) is 0.873. The monoisotopic (exact) mass is 229 g/mol. The molecule has 88 valence electrons. The summed E-state index contributed by atoms with van der Waals surface area (Å²) in [6.45, 7) is 0. The average molecular weight is 229 g/mol. The first-order valence-corrected chi connectivity index (χ1v) is 5.98. The number of para-hydroxylation sites is 1. The summed E-state index contributed by atoms with van der Waals surface area (Å²) >= 11 is 0. The molecule has 0 amide bonds. The summed E-state index contributed by atoms with van der Waals surface area (Å²) < 4.78 is 0. The summed E-state index contributed by atoms with van der Waals surface area (Å²) in [4.78, 5) is 1.56. The smallest absolute Gasteiger partial charge is 0.112 e. The van der Waals surface area contributed by atoms with Gasteiger partial charge in [0.2, 0.25) is 0 Å². The fourth-order valence-corrected chi connectivity index (χ4v) is 1.90. The number of nitrogens with zero attached hydrogens (tertiary/aromatic N) is 3. The van der Waals surface area contributed by atoms with E-state index in [9.17, 15) is 5.11 Å². The molecule has 4 heteroatoms. The average Bonchev–Trinajstić information content (AvgIpc) is 3.04. The molecule has 1 unspecified atom stereocenters. The zero-order valence-electron chi connectivity index (χ0n) is 9.53. The van der Waals surface area contributed by atoms with Gasteiger partial charge in [-0.05, 0) is 24.5 Å². The highest BCUT2D eigenvalue weighted by molar-refractivity contribution is 5.28. The van der Waals surface area contributed by atoms with E-state index in [1.807, 2.05) is 30.3 Å². The van der Waals surface area contributed by atoms with Gasteiger partial charge in [-0.25, -0.2) is 0 Å². The van der Waals surface area contributed by atoms with E-state index in [1.54, 1.807) is 11.0 Å². The Kier molecular flexibility index (Phi) is 2.65. The maximum absolute atomic E-state index is 9.98. The molecule has 1 aromatic heterocycles. The second-order valence-electron chi connectivity index (χ2n) is 4.59. The molecule has 1 aliphatic rings. The predicted octanol–water partition coefficient (Wildman–Crippen LogP) is 2.10. The number of hydrogen-bond acceptors (Lipinski definition) is 3. The first kappa shape index (κ1) is 10.5. The van der Waals surface area contributed by atoms with Crippen LogP contribution in [0.4, 0.5) is 0 Å². The van der Waals surface area contributed by atoms with E-state index in [0.717, 1.165) is 12.1 Å². The lowest BCUT2D eigenvalue weighted by molar-refractivity contribution is 0.155. The van der Waals surface area contributed by atoms with Gasteiger partial charge < -0.3 is 5.11 Å². The molecule has 1 saturated carbocycles. The third kappa shape index (κ3) is 2.36. The van der Waals surface area contributed by atoms with Crippen LogP contribution in [-0.2, 0) is 0 Å². The molecule has 1 N–H and O–H groups in total. The molecule has 1 atom stereocenters. The second kappa shape index (κ2) is 4.30. The summed E-state index contributed by atoms with van der Waals surface area (Å²) in [6.07, 6.45) is 4.47. The van der Waals surface area contributed by atoms with Crippen molar-refractivity contribution in [3.05, 3.63) is 42.2 Å². The van der Waals surface area contributed by atoms with Crippen LogP contribution in [-0.4, -0.2) is 20.1 Å². The van der Waals surface area contributed by atoms with E-state index in [0.29, 0.717) is 11.6 Å². The van der Waals surface area contributed by atoms with Crippen molar-refractivity contribution in [1.29, 1.82) is 0 Å². The predicted molar refractivity (Wildman–Crippen MR) is 63.7 cm³/mol. The van der Waals surface area contributed by atoms with E-state index in [1.165, 1.54) is 12.8 Å². The highest BCUT2D eigenvalue weighted by atomic mass is 16.3. The summed E-state index contributed by atoms with van der Waals surface area (Å²) in [5.41, 5.74) is 1.58. The zero-order valence-corrected chi connectivity index (χ0v) is 9.53. The van der Waals surface area contributed by atoms with E-state index >= 15 is 0 Å². The zero-order chi connectivity index (χ0) is 11.7. The fourth-order valence-electron chi connectivity index (χ4n) is 1.90. The molecule has 0 spiro atoms. The molecule has 1 heterocycles. The number of rotatable bonds is 4. The van der Waals surface area contributed by atoms with Crippen LogP contribution in [0.2, 0.25) is 0 Å². The molecule has 2 aromatic rings. The maximum atomic E-state index is 9.98. The summed E-state index contributed by atoms with van der Waals surface area (Å²) in [7, 11) is 0. The summed E-state index contributed by atoms with van der Waals surface area (Å²) in [5.74, 6) is 0.687. The first-order chi connectivity index (χ1) is 8.33. The van der Waals surface area contributed by atoms with Crippen molar-refractivity contribution < 1.29 is 5.11 Å². The highest BCUT2D eigenvalue weighted by Crippen LogP contribution is 2.37. The van der Waals surface area contributed by atoms with Crippen molar-refractivity contribution in [3.8, 4) is 5.69 Å². The fraction of sp³-hybridized carbons (Fsp3) is 0.385. The Morgan fingerprint density at radius 1 is 1.29 bits per heavy atom. The van der Waals surface area contributed by atoms with Crippen LogP contribution in [0, 0.1) is 5.92 Å². The van der Waals surface area contributed by atoms with E-state index in [2.05, 4.69) is 10.2 Å². The normalized spacial score (nSPS) is 17.0. The molecule has 0 aliphatic heterocycles. The molecule has 1 aromatic carbocycles. The summed E-state index contributed by atoms with van der Waals surface area (Å²) in [5, 5.41) is 18.5. The number of aromatic nitrogens is 3. The molecule has 1 aliphatic carbocycles. The lowest BCUT2D eigenvalue weighted by Crippen LogP contribution is -2.02. The Morgan fingerprint density at radius 2 is 2.06 bits per heavy atom. The van der Waals surface area contributed by atoms with Crippen LogP contribution in [0.3, 0.4) is 0 Å². The Bertz CT molecular complexity index is 490. The van der Waals surface area contributed by atoms with Gasteiger partial charge in [-0.2, -0.15) is 15.0 Å². The third-order valence-electron chi connectivity index (χ3n) is 3.09. The molecule has 1 fully saturated rings. The summed E-state index contributed by atoms with van der Waals surface area (Å²) in [6, 6.07) is 9.72. The van der Waals surface area contributed by atoms with Crippen molar-refractivity contribution in [1.82, 2.24) is 15.0 Å². The minimum atomic E-state index is -0.472. The third-order valence-corrected chi connectivity index (χ3v) is 3.09. The lowest BCUT2D eigenvalue weighted by atomic mass is 10.1. The Morgan fingerprint density at radius 3 is 2.76 bits per heavy atom. The molecule has 4 nitrogen and oxygen atoms in total. The van der Waals surface area contributed by atoms with Gasteiger partial charge >= 0.3 is 0 Å². The minimum absolute atomic E-state index is 0.472. The number of hydrogen-bond donors (Lipinski definition) is 1. The van der Waals surface area contributed by atoms with Crippen LogP contribution in [0.25, 0.3) is 5.69 Å². The maximum Gasteiger partial charge on any atom is 0.112 e. The minimum Gasteiger partial charge on any atom is -0.387 e. The first-order valence-electron chi connectivity index (χ1n) is 5.98. The largest absolute Gasteiger partial charge is 0.387 e. The van der Waals surface area contributed by atoms with Crippen molar-refractivity contribution in [2.75, 3.05) is 0 Å². The number of aliphatic hydroxyl groups is 1. The molecule has 0 radical (unpaired) electrons. The van der Waals surface area contributed by atoms with Gasteiger partial charge in [-0.1, -0.05) is 31.0 Å². The van der Waals surface area contributed by atoms with Crippen LogP contribution in [0.5, 0.6) is 0 Å². The van der Waals surface area contributed by atoms with Crippen LogP contribution < -0.4 is 0 Å². The van der Waals surface area contributed by atoms with Gasteiger partial charge in [-0.3, -0.25) is 0 Å². The molecular weight excluding hydrogens is 214 g/mol. The van der Waals surface area contributed by atoms with E-state index < -0.39 is 6.10 Å². The van der Waals surface area contributed by atoms with Crippen molar-refractivity contribution >= 4 is 0 Å². The Hall–Kier alpha value is -1.68.